The molecule has 0 saturated heterocycles. The Hall–Kier alpha value is -3.76. The van der Waals surface area contributed by atoms with E-state index in [1.807, 2.05) is 54.6 Å². The smallest absolute Gasteiger partial charge is 0.269 e. The Bertz CT molecular complexity index is 999. The molecule has 0 spiro atoms. The molecule has 0 radical (unpaired) electrons. The molecule has 4 heteroatoms. The zero-order valence-corrected chi connectivity index (χ0v) is 15.3. The molecule has 4 nitrogen and oxygen atoms in total. The second-order valence-corrected chi connectivity index (χ2v) is 6.07. The summed E-state index contributed by atoms with van der Waals surface area (Å²) in [6.07, 6.45) is 5.55. The topological polar surface area (TPSA) is 40.6 Å². The molecular formula is C23H19N3O. The average Bonchev–Trinajstić information content (AvgIpc) is 2.73. The predicted molar refractivity (Wildman–Crippen MR) is 109 cm³/mol. The molecule has 0 unspecified atom stereocenters. The minimum absolute atomic E-state index is 0.0589. The van der Waals surface area contributed by atoms with Gasteiger partial charge in [-0.25, -0.2) is 10.1 Å². The number of para-hydroxylation sites is 1. The van der Waals surface area contributed by atoms with Gasteiger partial charge in [0.25, 0.3) is 5.70 Å². The largest absolute Gasteiger partial charge is 0.457 e. The fraction of sp³-hybridized carbons (Fsp3) is 0.130. The van der Waals surface area contributed by atoms with E-state index >= 15 is 0 Å². The Kier molecular flexibility index (Phi) is 5.40. The number of ether oxygens (including phenoxy) is 1. The van der Waals surface area contributed by atoms with Crippen LogP contribution < -0.4 is 9.64 Å². The number of allylic oxidation sites excluding steroid dienone is 4. The Balaban J connectivity index is 1.91. The lowest BCUT2D eigenvalue weighted by Gasteiger charge is -2.19. The van der Waals surface area contributed by atoms with E-state index in [1.165, 1.54) is 0 Å². The van der Waals surface area contributed by atoms with Crippen molar-refractivity contribution in [1.82, 2.24) is 0 Å². The fourth-order valence-electron chi connectivity index (χ4n) is 2.78. The normalized spacial score (nSPS) is 14.4. The maximum atomic E-state index is 9.28. The zero-order valence-electron chi connectivity index (χ0n) is 15.3. The van der Waals surface area contributed by atoms with Crippen molar-refractivity contribution in [3.05, 3.63) is 94.7 Å². The maximum Gasteiger partial charge on any atom is 0.269 e. The van der Waals surface area contributed by atoms with Crippen LogP contribution in [-0.2, 0) is 0 Å². The summed E-state index contributed by atoms with van der Waals surface area (Å²) in [7, 11) is 2.06. The molecular weight excluding hydrogens is 334 g/mol. The van der Waals surface area contributed by atoms with Gasteiger partial charge in [-0.05, 0) is 42.8 Å². The van der Waals surface area contributed by atoms with E-state index in [4.69, 9.17) is 11.3 Å². The van der Waals surface area contributed by atoms with Crippen molar-refractivity contribution in [2.45, 2.75) is 6.92 Å². The third-order valence-corrected chi connectivity index (χ3v) is 4.41. The van der Waals surface area contributed by atoms with Gasteiger partial charge in [0, 0.05) is 30.4 Å². The number of nitrogens with zero attached hydrogens (tertiary/aromatic N) is 3. The van der Waals surface area contributed by atoms with E-state index in [2.05, 4.69) is 35.8 Å². The van der Waals surface area contributed by atoms with Crippen LogP contribution in [0.4, 0.5) is 5.69 Å². The maximum absolute atomic E-state index is 9.28. The van der Waals surface area contributed by atoms with Crippen LogP contribution in [0.5, 0.6) is 5.75 Å². The van der Waals surface area contributed by atoms with E-state index in [-0.39, 0.29) is 5.70 Å². The van der Waals surface area contributed by atoms with Crippen molar-refractivity contribution in [1.29, 1.82) is 5.26 Å². The van der Waals surface area contributed by atoms with Gasteiger partial charge >= 0.3 is 0 Å². The van der Waals surface area contributed by atoms with Crippen LogP contribution in [0, 0.1) is 17.9 Å². The summed E-state index contributed by atoms with van der Waals surface area (Å²) in [6, 6.07) is 17.7. The van der Waals surface area contributed by atoms with Crippen LogP contribution in [-0.4, -0.2) is 13.6 Å². The van der Waals surface area contributed by atoms with E-state index < -0.39 is 0 Å². The number of hydrogen-bond donors (Lipinski definition) is 0. The molecule has 0 saturated carbocycles. The van der Waals surface area contributed by atoms with E-state index in [0.717, 1.165) is 23.4 Å². The van der Waals surface area contributed by atoms with Gasteiger partial charge in [0.05, 0.1) is 12.6 Å². The highest BCUT2D eigenvalue weighted by Gasteiger charge is 2.18. The lowest BCUT2D eigenvalue weighted by Crippen LogP contribution is -2.15. The minimum atomic E-state index is 0.0589. The molecule has 0 bridgehead atoms. The van der Waals surface area contributed by atoms with Crippen LogP contribution in [0.2, 0.25) is 0 Å². The summed E-state index contributed by atoms with van der Waals surface area (Å²) in [5.74, 6) is 1.24. The second kappa shape index (κ2) is 8.08. The Morgan fingerprint density at radius 1 is 1.19 bits per heavy atom. The standard InChI is InChI=1S/C23H19N3O/c1-4-26(3)18-12-9-17(10-13-18)11-14-19-15-21(22(16-24)25-2)20-7-5-6-8-23(20)27-19/h5-15H,4H2,1,3H3/b14-11+,22-21+. The highest BCUT2D eigenvalue weighted by Crippen LogP contribution is 2.36. The minimum Gasteiger partial charge on any atom is -0.457 e. The number of anilines is 1. The molecule has 0 aromatic heterocycles. The second-order valence-electron chi connectivity index (χ2n) is 6.07. The SMILES string of the molecule is [C-]#[N+]/C(C#N)=C1C=C(/C=C/c2ccc(N(C)CC)cc2)Oc2ccccc2\1. The molecule has 27 heavy (non-hydrogen) atoms. The quantitative estimate of drug-likeness (QED) is 0.554. The zero-order chi connectivity index (χ0) is 19.2. The molecule has 1 aliphatic rings. The van der Waals surface area contributed by atoms with Crippen molar-refractivity contribution in [2.75, 3.05) is 18.5 Å². The van der Waals surface area contributed by atoms with Crippen molar-refractivity contribution in [2.24, 2.45) is 0 Å². The molecule has 1 aliphatic heterocycles. The number of benzene rings is 2. The average molecular weight is 353 g/mol. The molecule has 0 fully saturated rings. The summed E-state index contributed by atoms with van der Waals surface area (Å²) in [4.78, 5) is 5.52. The van der Waals surface area contributed by atoms with Crippen LogP contribution in [0.1, 0.15) is 18.1 Å². The predicted octanol–water partition coefficient (Wildman–Crippen LogP) is 5.29. The van der Waals surface area contributed by atoms with Crippen LogP contribution in [0.3, 0.4) is 0 Å². The first-order valence-electron chi connectivity index (χ1n) is 8.66. The van der Waals surface area contributed by atoms with Crippen molar-refractivity contribution >= 4 is 17.3 Å². The molecule has 0 atom stereocenters. The van der Waals surface area contributed by atoms with Gasteiger partial charge in [-0.1, -0.05) is 36.4 Å². The fourth-order valence-corrected chi connectivity index (χ4v) is 2.78. The molecule has 0 N–H and O–H groups in total. The summed E-state index contributed by atoms with van der Waals surface area (Å²) < 4.78 is 5.92. The Morgan fingerprint density at radius 2 is 1.93 bits per heavy atom. The van der Waals surface area contributed by atoms with Crippen molar-refractivity contribution in [3.63, 3.8) is 0 Å². The Labute approximate surface area is 159 Å². The van der Waals surface area contributed by atoms with Gasteiger partial charge in [0.15, 0.2) is 0 Å². The highest BCUT2D eigenvalue weighted by atomic mass is 16.5. The van der Waals surface area contributed by atoms with Crippen LogP contribution >= 0.6 is 0 Å². The van der Waals surface area contributed by atoms with E-state index in [9.17, 15) is 5.26 Å². The first-order chi connectivity index (χ1) is 13.2. The van der Waals surface area contributed by atoms with E-state index in [1.54, 1.807) is 6.08 Å². The monoisotopic (exact) mass is 353 g/mol. The van der Waals surface area contributed by atoms with Gasteiger partial charge in [-0.2, -0.15) is 0 Å². The molecule has 2 aromatic carbocycles. The van der Waals surface area contributed by atoms with Crippen LogP contribution in [0.15, 0.2) is 72.1 Å². The molecule has 2 aromatic rings. The number of nitriles is 1. The summed E-state index contributed by atoms with van der Waals surface area (Å²) in [5.41, 5.74) is 3.62. The lowest BCUT2D eigenvalue weighted by atomic mass is 9.99. The summed E-state index contributed by atoms with van der Waals surface area (Å²) >= 11 is 0. The molecule has 3 rings (SSSR count). The van der Waals surface area contributed by atoms with E-state index in [0.29, 0.717) is 17.1 Å². The third kappa shape index (κ3) is 3.92. The molecule has 1 heterocycles. The first kappa shape index (κ1) is 18.0. The molecule has 132 valence electrons. The Morgan fingerprint density at radius 3 is 2.59 bits per heavy atom. The first-order valence-corrected chi connectivity index (χ1v) is 8.66. The van der Waals surface area contributed by atoms with Gasteiger partial charge in [-0.15, -0.1) is 0 Å². The van der Waals surface area contributed by atoms with Gasteiger partial charge < -0.3 is 9.64 Å². The number of hydrogen-bond acceptors (Lipinski definition) is 3. The molecule has 0 aliphatic carbocycles. The van der Waals surface area contributed by atoms with Gasteiger partial charge in [0.2, 0.25) is 0 Å². The molecule has 0 amide bonds. The third-order valence-electron chi connectivity index (χ3n) is 4.41. The van der Waals surface area contributed by atoms with Gasteiger partial charge in [0.1, 0.15) is 11.5 Å². The number of fused-ring (bicyclic) bond motifs is 1. The van der Waals surface area contributed by atoms with Crippen molar-refractivity contribution < 1.29 is 4.74 Å². The summed E-state index contributed by atoms with van der Waals surface area (Å²) in [6.45, 7) is 10.3. The number of rotatable bonds is 4. The van der Waals surface area contributed by atoms with Crippen LogP contribution in [0.25, 0.3) is 16.5 Å². The van der Waals surface area contributed by atoms with Gasteiger partial charge in [-0.3, -0.25) is 0 Å². The lowest BCUT2D eigenvalue weighted by molar-refractivity contribution is 0.439. The van der Waals surface area contributed by atoms with Crippen molar-refractivity contribution in [3.8, 4) is 11.8 Å². The highest BCUT2D eigenvalue weighted by molar-refractivity contribution is 5.85. The summed E-state index contributed by atoms with van der Waals surface area (Å²) in [5, 5.41) is 9.28.